The van der Waals surface area contributed by atoms with Crippen LogP contribution in [0.15, 0.2) is 53.5 Å². The molecule has 3 aromatic rings. The van der Waals surface area contributed by atoms with Gasteiger partial charge in [0.15, 0.2) is 0 Å². The summed E-state index contributed by atoms with van der Waals surface area (Å²) in [5.41, 5.74) is 2.20. The fourth-order valence-corrected chi connectivity index (χ4v) is 3.90. The van der Waals surface area contributed by atoms with Crippen molar-refractivity contribution in [2.24, 2.45) is 0 Å². The average molecular weight is 436 g/mol. The van der Waals surface area contributed by atoms with Crippen molar-refractivity contribution in [3.63, 3.8) is 0 Å². The number of H-pyrrole nitrogens is 1. The lowest BCUT2D eigenvalue weighted by atomic mass is 9.99. The molecule has 1 aliphatic heterocycles. The van der Waals surface area contributed by atoms with E-state index in [1.54, 1.807) is 18.2 Å². The number of fused-ring (bicyclic) bond motifs is 1. The van der Waals surface area contributed by atoms with E-state index in [-0.39, 0.29) is 16.9 Å². The minimum absolute atomic E-state index is 0.0806. The largest absolute Gasteiger partial charge is 0.492 e. The molecular weight excluding hydrogens is 406 g/mol. The van der Waals surface area contributed by atoms with E-state index in [9.17, 15) is 9.59 Å². The number of para-hydroxylation sites is 1. The maximum Gasteiger partial charge on any atom is 0.261 e. The number of rotatable bonds is 7. The number of ether oxygens (including phenoxy) is 2. The number of hydrogen-bond acceptors (Lipinski definition) is 5. The fourth-order valence-electron chi connectivity index (χ4n) is 3.90. The first-order chi connectivity index (χ1) is 15.5. The van der Waals surface area contributed by atoms with Gasteiger partial charge in [0.1, 0.15) is 17.9 Å². The Balaban J connectivity index is 1.44. The summed E-state index contributed by atoms with van der Waals surface area (Å²) in [6, 6.07) is 12.8. The number of carbonyl (C=O) groups is 1. The van der Waals surface area contributed by atoms with Crippen LogP contribution < -0.4 is 15.5 Å². The van der Waals surface area contributed by atoms with Crippen molar-refractivity contribution in [3.05, 3.63) is 70.0 Å². The van der Waals surface area contributed by atoms with Crippen LogP contribution in [-0.4, -0.2) is 55.2 Å². The molecule has 0 unspecified atom stereocenters. The number of nitrogens with one attached hydrogen (secondary N) is 2. The molecule has 7 heteroatoms. The third-order valence-corrected chi connectivity index (χ3v) is 5.69. The van der Waals surface area contributed by atoms with E-state index >= 15 is 0 Å². The maximum absolute atomic E-state index is 13.0. The molecule has 4 rings (SSSR count). The Labute approximate surface area is 187 Å². The predicted octanol–water partition coefficient (Wildman–Crippen LogP) is 3.61. The number of benzene rings is 2. The molecule has 0 aliphatic carbocycles. The van der Waals surface area contributed by atoms with Gasteiger partial charge < -0.3 is 19.8 Å². The summed E-state index contributed by atoms with van der Waals surface area (Å²) in [7, 11) is 0. The second kappa shape index (κ2) is 9.97. The van der Waals surface area contributed by atoms with Crippen LogP contribution in [-0.2, 0) is 4.74 Å². The summed E-state index contributed by atoms with van der Waals surface area (Å²) in [6.45, 7) is 8.87. The Bertz CT molecular complexity index is 1150. The van der Waals surface area contributed by atoms with Crippen molar-refractivity contribution in [1.29, 1.82) is 0 Å². The summed E-state index contributed by atoms with van der Waals surface area (Å²) in [6.07, 6.45) is 1.49. The fraction of sp³-hybridized carbons (Fsp3) is 0.360. The predicted molar refractivity (Wildman–Crippen MR) is 126 cm³/mol. The lowest BCUT2D eigenvalue weighted by Gasteiger charge is -2.26. The van der Waals surface area contributed by atoms with Crippen molar-refractivity contribution in [1.82, 2.24) is 9.88 Å². The Morgan fingerprint density at radius 2 is 1.97 bits per heavy atom. The molecule has 2 aromatic carbocycles. The molecule has 1 fully saturated rings. The maximum atomic E-state index is 13.0. The first-order valence-electron chi connectivity index (χ1n) is 11.0. The van der Waals surface area contributed by atoms with Crippen LogP contribution in [0.25, 0.3) is 10.9 Å². The minimum Gasteiger partial charge on any atom is -0.492 e. The van der Waals surface area contributed by atoms with E-state index < -0.39 is 5.91 Å². The van der Waals surface area contributed by atoms with E-state index in [0.717, 1.165) is 43.9 Å². The highest BCUT2D eigenvalue weighted by molar-refractivity contribution is 6.05. The second-order valence-electron chi connectivity index (χ2n) is 8.24. The normalized spacial score (nSPS) is 14.6. The van der Waals surface area contributed by atoms with Gasteiger partial charge in [0.25, 0.3) is 5.91 Å². The van der Waals surface area contributed by atoms with Gasteiger partial charge in [-0.1, -0.05) is 32.0 Å². The molecule has 1 amide bonds. The van der Waals surface area contributed by atoms with Crippen LogP contribution in [0.4, 0.5) is 5.69 Å². The number of aromatic amines is 1. The lowest BCUT2D eigenvalue weighted by molar-refractivity contribution is 0.0322. The average Bonchev–Trinajstić information content (AvgIpc) is 2.80. The number of carbonyl (C=O) groups excluding carboxylic acids is 1. The van der Waals surface area contributed by atoms with Crippen LogP contribution in [0, 0.1) is 0 Å². The van der Waals surface area contributed by atoms with Gasteiger partial charge in [-0.15, -0.1) is 0 Å². The van der Waals surface area contributed by atoms with Crippen molar-refractivity contribution in [2.75, 3.05) is 44.8 Å². The SMILES string of the molecule is CC(C)c1cccc2c(=O)c(C(=O)Nc3cccc(OCCN4CCOCC4)c3)c[nH]c12. The van der Waals surface area contributed by atoms with Gasteiger partial charge in [0.05, 0.1) is 18.7 Å². The standard InChI is InChI=1S/C25H29N3O4/c1-17(2)20-7-4-8-21-23(20)26-16-22(24(21)29)25(30)27-18-5-3-6-19(15-18)32-14-11-28-9-12-31-13-10-28/h3-8,15-17H,9-14H2,1-2H3,(H,26,29)(H,27,30). The van der Waals surface area contributed by atoms with Crippen LogP contribution in [0.2, 0.25) is 0 Å². The highest BCUT2D eigenvalue weighted by Crippen LogP contribution is 2.22. The molecular formula is C25H29N3O4. The Morgan fingerprint density at radius 1 is 1.19 bits per heavy atom. The molecule has 7 nitrogen and oxygen atoms in total. The van der Waals surface area contributed by atoms with Crippen LogP contribution in [0.5, 0.6) is 5.75 Å². The molecule has 0 atom stereocenters. The van der Waals surface area contributed by atoms with Crippen LogP contribution in [0.1, 0.15) is 35.7 Å². The zero-order chi connectivity index (χ0) is 22.5. The van der Waals surface area contributed by atoms with Gasteiger partial charge in [-0.05, 0) is 29.7 Å². The molecule has 1 aromatic heterocycles. The lowest BCUT2D eigenvalue weighted by Crippen LogP contribution is -2.38. The topological polar surface area (TPSA) is 83.7 Å². The summed E-state index contributed by atoms with van der Waals surface area (Å²) in [4.78, 5) is 31.3. The molecule has 2 N–H and O–H groups in total. The third kappa shape index (κ3) is 5.00. The Kier molecular flexibility index (Phi) is 6.87. The van der Waals surface area contributed by atoms with Crippen molar-refractivity contribution in [2.45, 2.75) is 19.8 Å². The third-order valence-electron chi connectivity index (χ3n) is 5.69. The molecule has 0 bridgehead atoms. The summed E-state index contributed by atoms with van der Waals surface area (Å²) in [5.74, 6) is 0.485. The Hall–Kier alpha value is -3.16. The van der Waals surface area contributed by atoms with Crippen molar-refractivity contribution >= 4 is 22.5 Å². The van der Waals surface area contributed by atoms with Gasteiger partial charge in [-0.2, -0.15) is 0 Å². The molecule has 1 aliphatic rings. The number of amides is 1. The number of pyridine rings is 1. The summed E-state index contributed by atoms with van der Waals surface area (Å²) in [5, 5.41) is 3.33. The highest BCUT2D eigenvalue weighted by atomic mass is 16.5. The van der Waals surface area contributed by atoms with E-state index in [1.165, 1.54) is 6.20 Å². The van der Waals surface area contributed by atoms with Gasteiger partial charge in [-0.3, -0.25) is 14.5 Å². The zero-order valence-corrected chi connectivity index (χ0v) is 18.5. The number of nitrogens with zero attached hydrogens (tertiary/aromatic N) is 1. The van der Waals surface area contributed by atoms with Gasteiger partial charge in [-0.25, -0.2) is 0 Å². The summed E-state index contributed by atoms with van der Waals surface area (Å²) < 4.78 is 11.2. The quantitative estimate of drug-likeness (QED) is 0.592. The van der Waals surface area contributed by atoms with Gasteiger partial charge >= 0.3 is 0 Å². The second-order valence-corrected chi connectivity index (χ2v) is 8.24. The molecule has 0 spiro atoms. The number of hydrogen-bond donors (Lipinski definition) is 2. The molecule has 1 saturated heterocycles. The van der Waals surface area contributed by atoms with Crippen LogP contribution in [0.3, 0.4) is 0 Å². The first kappa shape index (κ1) is 22.0. The van der Waals surface area contributed by atoms with Gasteiger partial charge in [0.2, 0.25) is 5.43 Å². The Morgan fingerprint density at radius 3 is 2.75 bits per heavy atom. The van der Waals surface area contributed by atoms with Crippen molar-refractivity contribution in [3.8, 4) is 5.75 Å². The molecule has 2 heterocycles. The van der Waals surface area contributed by atoms with E-state index in [1.807, 2.05) is 24.3 Å². The molecule has 32 heavy (non-hydrogen) atoms. The molecule has 0 saturated carbocycles. The van der Waals surface area contributed by atoms with Crippen LogP contribution >= 0.6 is 0 Å². The smallest absolute Gasteiger partial charge is 0.261 e. The molecule has 0 radical (unpaired) electrons. The number of anilines is 1. The first-order valence-corrected chi connectivity index (χ1v) is 11.0. The summed E-state index contributed by atoms with van der Waals surface area (Å²) >= 11 is 0. The zero-order valence-electron chi connectivity index (χ0n) is 18.5. The van der Waals surface area contributed by atoms with E-state index in [4.69, 9.17) is 9.47 Å². The number of aromatic nitrogens is 1. The number of morpholine rings is 1. The monoisotopic (exact) mass is 435 g/mol. The van der Waals surface area contributed by atoms with Gasteiger partial charge in [0, 0.05) is 43.0 Å². The van der Waals surface area contributed by atoms with E-state index in [0.29, 0.717) is 23.4 Å². The minimum atomic E-state index is -0.450. The molecule has 168 valence electrons. The highest BCUT2D eigenvalue weighted by Gasteiger charge is 2.16. The van der Waals surface area contributed by atoms with E-state index in [2.05, 4.69) is 29.0 Å². The van der Waals surface area contributed by atoms with Crippen molar-refractivity contribution < 1.29 is 14.3 Å².